The molecule has 4 rings (SSSR count). The molecule has 0 unspecified atom stereocenters. The Morgan fingerprint density at radius 3 is 2.36 bits per heavy atom. The van der Waals surface area contributed by atoms with E-state index in [0.29, 0.717) is 23.8 Å². The Morgan fingerprint density at radius 2 is 1.77 bits per heavy atom. The first kappa shape index (κ1) is 13.6. The van der Waals surface area contributed by atoms with Gasteiger partial charge in [0.05, 0.1) is 6.26 Å². The average Bonchev–Trinajstić information content (AvgIpc) is 3.14. The van der Waals surface area contributed by atoms with E-state index in [0.717, 1.165) is 25.7 Å². The van der Waals surface area contributed by atoms with Gasteiger partial charge in [-0.05, 0) is 56.2 Å². The largest absolute Gasteiger partial charge is 0.459 e. The predicted molar refractivity (Wildman–Crippen MR) is 84.8 cm³/mol. The van der Waals surface area contributed by atoms with Crippen LogP contribution < -0.4 is 0 Å². The van der Waals surface area contributed by atoms with Crippen LogP contribution in [0.15, 0.2) is 47.1 Å². The van der Waals surface area contributed by atoms with E-state index in [1.54, 1.807) is 18.4 Å². The van der Waals surface area contributed by atoms with Crippen LogP contribution in [-0.2, 0) is 0 Å². The van der Waals surface area contributed by atoms with E-state index in [4.69, 9.17) is 4.42 Å². The minimum absolute atomic E-state index is 0.0693. The number of carbonyl (C=O) groups excluding carboxylic acids is 1. The van der Waals surface area contributed by atoms with Gasteiger partial charge in [0.25, 0.3) is 5.91 Å². The van der Waals surface area contributed by atoms with Crippen molar-refractivity contribution in [2.45, 2.75) is 50.6 Å². The topological polar surface area (TPSA) is 33.5 Å². The summed E-state index contributed by atoms with van der Waals surface area (Å²) in [6.45, 7) is 2.12. The first-order chi connectivity index (χ1) is 10.7. The zero-order valence-electron chi connectivity index (χ0n) is 12.9. The molecular weight excluding hydrogens is 274 g/mol. The number of hydrogen-bond acceptors (Lipinski definition) is 2. The van der Waals surface area contributed by atoms with Gasteiger partial charge >= 0.3 is 0 Å². The normalized spacial score (nSPS) is 27.1. The first-order valence-electron chi connectivity index (χ1n) is 8.15. The highest BCUT2D eigenvalue weighted by molar-refractivity contribution is 5.92. The summed E-state index contributed by atoms with van der Waals surface area (Å²) in [7, 11) is 0. The molecule has 2 aromatic rings. The van der Waals surface area contributed by atoms with Crippen molar-refractivity contribution >= 4 is 5.91 Å². The van der Waals surface area contributed by atoms with Crippen LogP contribution in [0.5, 0.6) is 0 Å². The molecule has 2 fully saturated rings. The third-order valence-corrected chi connectivity index (χ3v) is 5.25. The molecule has 0 aliphatic carbocycles. The van der Waals surface area contributed by atoms with Crippen LogP contribution >= 0.6 is 0 Å². The van der Waals surface area contributed by atoms with Crippen LogP contribution in [0.4, 0.5) is 0 Å². The minimum atomic E-state index is 0.0693. The van der Waals surface area contributed by atoms with Gasteiger partial charge in [-0.15, -0.1) is 0 Å². The molecule has 3 nitrogen and oxygen atoms in total. The number of benzene rings is 1. The second-order valence-corrected chi connectivity index (χ2v) is 6.65. The van der Waals surface area contributed by atoms with E-state index >= 15 is 0 Å². The number of nitrogens with zero attached hydrogens (tertiary/aromatic N) is 1. The van der Waals surface area contributed by atoms with Crippen molar-refractivity contribution in [2.24, 2.45) is 0 Å². The maximum atomic E-state index is 12.6. The molecule has 2 aliphatic rings. The zero-order valence-corrected chi connectivity index (χ0v) is 12.9. The highest BCUT2D eigenvalue weighted by atomic mass is 16.3. The summed E-state index contributed by atoms with van der Waals surface area (Å²) in [5, 5.41) is 0. The average molecular weight is 295 g/mol. The third kappa shape index (κ3) is 2.25. The van der Waals surface area contributed by atoms with E-state index in [2.05, 4.69) is 36.1 Å². The Kier molecular flexibility index (Phi) is 3.29. The van der Waals surface area contributed by atoms with Gasteiger partial charge < -0.3 is 9.32 Å². The predicted octanol–water partition coefficient (Wildman–Crippen LogP) is 4.14. The van der Waals surface area contributed by atoms with Crippen LogP contribution in [0, 0.1) is 6.92 Å². The highest BCUT2D eigenvalue weighted by Crippen LogP contribution is 2.43. The van der Waals surface area contributed by atoms with Gasteiger partial charge in [0.2, 0.25) is 0 Å². The molecule has 0 radical (unpaired) electrons. The van der Waals surface area contributed by atoms with Crippen LogP contribution in [-0.4, -0.2) is 22.9 Å². The molecule has 0 N–H and O–H groups in total. The summed E-state index contributed by atoms with van der Waals surface area (Å²) in [4.78, 5) is 14.7. The van der Waals surface area contributed by atoms with Crippen LogP contribution in [0.3, 0.4) is 0 Å². The fourth-order valence-electron chi connectivity index (χ4n) is 4.15. The number of aryl methyl sites for hydroxylation is 1. The lowest BCUT2D eigenvalue weighted by atomic mass is 9.84. The number of piperidine rings is 1. The fourth-order valence-corrected chi connectivity index (χ4v) is 4.15. The summed E-state index contributed by atoms with van der Waals surface area (Å²) < 4.78 is 5.31. The van der Waals surface area contributed by atoms with E-state index in [-0.39, 0.29) is 5.91 Å². The summed E-state index contributed by atoms with van der Waals surface area (Å²) in [5.41, 5.74) is 2.73. The Hall–Kier alpha value is -2.03. The van der Waals surface area contributed by atoms with Crippen LogP contribution in [0.2, 0.25) is 0 Å². The Morgan fingerprint density at radius 1 is 1.09 bits per heavy atom. The highest BCUT2D eigenvalue weighted by Gasteiger charge is 2.44. The molecule has 114 valence electrons. The number of furan rings is 1. The minimum Gasteiger partial charge on any atom is -0.459 e. The monoisotopic (exact) mass is 295 g/mol. The van der Waals surface area contributed by atoms with E-state index < -0.39 is 0 Å². The lowest BCUT2D eigenvalue weighted by molar-refractivity contribution is 0.0539. The molecule has 2 aliphatic heterocycles. The van der Waals surface area contributed by atoms with Crippen molar-refractivity contribution in [3.8, 4) is 0 Å². The molecular formula is C19H21NO2. The van der Waals surface area contributed by atoms with E-state index in [1.807, 2.05) is 0 Å². The Balaban J connectivity index is 1.54. The molecule has 0 saturated carbocycles. The molecule has 0 spiro atoms. The third-order valence-electron chi connectivity index (χ3n) is 5.25. The quantitative estimate of drug-likeness (QED) is 0.834. The number of amides is 1. The van der Waals surface area contributed by atoms with Gasteiger partial charge in [0.15, 0.2) is 5.76 Å². The van der Waals surface area contributed by atoms with Gasteiger partial charge in [0, 0.05) is 12.1 Å². The second kappa shape index (κ2) is 5.31. The van der Waals surface area contributed by atoms with Crippen molar-refractivity contribution in [3.63, 3.8) is 0 Å². The van der Waals surface area contributed by atoms with Gasteiger partial charge in [-0.3, -0.25) is 4.79 Å². The Labute approximate surface area is 130 Å². The second-order valence-electron chi connectivity index (χ2n) is 6.65. The lowest BCUT2D eigenvalue weighted by Gasteiger charge is -2.38. The standard InChI is InChI=1S/C19H21NO2/c1-13-4-6-14(7-5-13)15-11-16-8-9-17(12-15)20(16)19(21)18-3-2-10-22-18/h2-7,10,15-17H,8-9,11-12H2,1H3/t15-,16+,17-. The molecule has 3 atom stereocenters. The zero-order chi connectivity index (χ0) is 15.1. The number of hydrogen-bond donors (Lipinski definition) is 0. The molecule has 1 aromatic heterocycles. The van der Waals surface area contributed by atoms with Crippen molar-refractivity contribution in [1.29, 1.82) is 0 Å². The molecule has 1 amide bonds. The summed E-state index contributed by atoms with van der Waals surface area (Å²) >= 11 is 0. The van der Waals surface area contributed by atoms with Gasteiger partial charge in [-0.2, -0.15) is 0 Å². The first-order valence-corrected chi connectivity index (χ1v) is 8.15. The SMILES string of the molecule is Cc1ccc([C@H]2C[C@H]3CC[C@@H](C2)N3C(=O)c2ccco2)cc1. The van der Waals surface area contributed by atoms with Crippen molar-refractivity contribution in [1.82, 2.24) is 4.90 Å². The summed E-state index contributed by atoms with van der Waals surface area (Å²) in [6.07, 6.45) is 5.98. The molecule has 2 bridgehead atoms. The van der Waals surface area contributed by atoms with Crippen molar-refractivity contribution in [3.05, 3.63) is 59.5 Å². The maximum absolute atomic E-state index is 12.6. The molecule has 22 heavy (non-hydrogen) atoms. The van der Waals surface area contributed by atoms with Crippen LogP contribution in [0.1, 0.15) is 53.3 Å². The summed E-state index contributed by atoms with van der Waals surface area (Å²) in [6, 6.07) is 13.2. The van der Waals surface area contributed by atoms with Gasteiger partial charge in [0.1, 0.15) is 0 Å². The van der Waals surface area contributed by atoms with Crippen LogP contribution in [0.25, 0.3) is 0 Å². The number of rotatable bonds is 2. The van der Waals surface area contributed by atoms with Crippen molar-refractivity contribution in [2.75, 3.05) is 0 Å². The smallest absolute Gasteiger partial charge is 0.290 e. The number of fused-ring (bicyclic) bond motifs is 2. The maximum Gasteiger partial charge on any atom is 0.290 e. The molecule has 1 aromatic carbocycles. The summed E-state index contributed by atoms with van der Waals surface area (Å²) in [5.74, 6) is 1.13. The van der Waals surface area contributed by atoms with E-state index in [9.17, 15) is 4.79 Å². The van der Waals surface area contributed by atoms with Gasteiger partial charge in [-0.1, -0.05) is 29.8 Å². The van der Waals surface area contributed by atoms with Crippen molar-refractivity contribution < 1.29 is 9.21 Å². The fraction of sp³-hybridized carbons (Fsp3) is 0.421. The molecule has 3 heteroatoms. The lowest BCUT2D eigenvalue weighted by Crippen LogP contribution is -2.45. The number of carbonyl (C=O) groups is 1. The molecule has 2 saturated heterocycles. The van der Waals surface area contributed by atoms with Gasteiger partial charge in [-0.25, -0.2) is 0 Å². The Bertz CT molecular complexity index is 645. The molecule has 3 heterocycles. The van der Waals surface area contributed by atoms with E-state index in [1.165, 1.54) is 11.1 Å².